The lowest BCUT2D eigenvalue weighted by Crippen LogP contribution is -2.55. The van der Waals surface area contributed by atoms with Gasteiger partial charge < -0.3 is 4.98 Å². The highest BCUT2D eigenvalue weighted by molar-refractivity contribution is 6.30. The molecule has 0 atom stereocenters. The zero-order valence-corrected chi connectivity index (χ0v) is 19.2. The number of hydrogen-bond donors (Lipinski definition) is 1. The first-order valence-electron chi connectivity index (χ1n) is 11.5. The van der Waals surface area contributed by atoms with Crippen LogP contribution in [0.4, 0.5) is 8.78 Å². The minimum Gasteiger partial charge on any atom is -0.346 e. The lowest BCUT2D eigenvalue weighted by Gasteiger charge is -2.47. The maximum absolute atomic E-state index is 14.2. The quantitative estimate of drug-likeness (QED) is 0.429. The summed E-state index contributed by atoms with van der Waals surface area (Å²) in [5.41, 5.74) is 2.75. The van der Waals surface area contributed by atoms with Gasteiger partial charge >= 0.3 is 0 Å². The first-order valence-corrected chi connectivity index (χ1v) is 11.9. The second kappa shape index (κ2) is 8.72. The Morgan fingerprint density at radius 2 is 1.88 bits per heavy atom. The predicted molar refractivity (Wildman–Crippen MR) is 125 cm³/mol. The molecule has 176 valence electrons. The number of halogens is 3. The summed E-state index contributed by atoms with van der Waals surface area (Å²) in [7, 11) is 0. The molecular formula is C24H24ClF2N7. The van der Waals surface area contributed by atoms with Crippen LogP contribution in [-0.2, 0) is 6.54 Å². The third-order valence-electron chi connectivity index (χ3n) is 7.09. The van der Waals surface area contributed by atoms with Gasteiger partial charge in [0.1, 0.15) is 23.6 Å². The van der Waals surface area contributed by atoms with Crippen molar-refractivity contribution in [2.75, 3.05) is 26.2 Å². The molecule has 0 saturated carbocycles. The van der Waals surface area contributed by atoms with Gasteiger partial charge in [-0.05, 0) is 44.1 Å². The molecule has 34 heavy (non-hydrogen) atoms. The van der Waals surface area contributed by atoms with Gasteiger partial charge in [-0.25, -0.2) is 18.7 Å². The van der Waals surface area contributed by atoms with Crippen LogP contribution in [0.5, 0.6) is 0 Å². The average Bonchev–Trinajstić information content (AvgIpc) is 3.49. The van der Waals surface area contributed by atoms with Crippen molar-refractivity contribution in [2.45, 2.75) is 31.5 Å². The second-order valence-electron chi connectivity index (χ2n) is 9.11. The maximum Gasteiger partial charge on any atom is 0.149 e. The zero-order chi connectivity index (χ0) is 23.2. The summed E-state index contributed by atoms with van der Waals surface area (Å²) in [4.78, 5) is 16.4. The van der Waals surface area contributed by atoms with Crippen LogP contribution in [0.2, 0.25) is 5.02 Å². The Morgan fingerprint density at radius 3 is 2.71 bits per heavy atom. The molecule has 7 nitrogen and oxygen atoms in total. The second-order valence-corrected chi connectivity index (χ2v) is 9.52. The fourth-order valence-corrected chi connectivity index (χ4v) is 5.27. The van der Waals surface area contributed by atoms with Crippen LogP contribution in [0, 0.1) is 11.6 Å². The van der Waals surface area contributed by atoms with Crippen molar-refractivity contribution in [2.24, 2.45) is 0 Å². The summed E-state index contributed by atoms with van der Waals surface area (Å²) in [5.74, 6) is -1.18. The van der Waals surface area contributed by atoms with E-state index in [2.05, 4.69) is 36.0 Å². The number of nitrogens with zero attached hydrogens (tertiary/aromatic N) is 6. The van der Waals surface area contributed by atoms with Gasteiger partial charge in [0.25, 0.3) is 0 Å². The Labute approximate surface area is 200 Å². The monoisotopic (exact) mass is 483 g/mol. The van der Waals surface area contributed by atoms with Crippen molar-refractivity contribution >= 4 is 22.6 Å². The maximum atomic E-state index is 14.2. The number of benzene rings is 1. The fraction of sp³-hybridized carbons (Fsp3) is 0.375. The van der Waals surface area contributed by atoms with Crippen LogP contribution in [0.1, 0.15) is 24.4 Å². The predicted octanol–water partition coefficient (Wildman–Crippen LogP) is 4.27. The lowest BCUT2D eigenvalue weighted by molar-refractivity contribution is 0.0188. The number of fused-ring (bicyclic) bond motifs is 1. The van der Waals surface area contributed by atoms with E-state index in [1.165, 1.54) is 12.1 Å². The van der Waals surface area contributed by atoms with Gasteiger partial charge in [0.2, 0.25) is 0 Å². The molecule has 2 saturated heterocycles. The molecule has 0 amide bonds. The summed E-state index contributed by atoms with van der Waals surface area (Å²) in [6.45, 7) is 3.77. The average molecular weight is 484 g/mol. The number of H-pyrrole nitrogens is 1. The highest BCUT2D eigenvalue weighted by Crippen LogP contribution is 2.31. The molecule has 10 heteroatoms. The van der Waals surface area contributed by atoms with E-state index in [0.29, 0.717) is 12.1 Å². The van der Waals surface area contributed by atoms with Crippen LogP contribution in [0.3, 0.4) is 0 Å². The first-order chi connectivity index (χ1) is 16.6. The number of hydrogen-bond acceptors (Lipinski definition) is 5. The number of nitrogens with one attached hydrogen (secondary N) is 1. The Hall–Kier alpha value is -2.88. The van der Waals surface area contributed by atoms with Crippen molar-refractivity contribution < 1.29 is 8.78 Å². The summed E-state index contributed by atoms with van der Waals surface area (Å²) in [5, 5.41) is 5.55. The number of aromatic nitrogens is 5. The van der Waals surface area contributed by atoms with Gasteiger partial charge in [0.05, 0.1) is 23.0 Å². The van der Waals surface area contributed by atoms with Gasteiger partial charge in [-0.1, -0.05) is 11.6 Å². The molecule has 0 aliphatic carbocycles. The topological polar surface area (TPSA) is 65.9 Å². The first kappa shape index (κ1) is 21.6. The normalized spacial score (nSPS) is 18.6. The van der Waals surface area contributed by atoms with Crippen LogP contribution >= 0.6 is 11.6 Å². The zero-order valence-electron chi connectivity index (χ0n) is 18.5. The van der Waals surface area contributed by atoms with Crippen LogP contribution < -0.4 is 0 Å². The van der Waals surface area contributed by atoms with E-state index in [1.54, 1.807) is 6.33 Å². The van der Waals surface area contributed by atoms with Crippen molar-refractivity contribution in [1.82, 2.24) is 34.5 Å². The van der Waals surface area contributed by atoms with E-state index >= 15 is 0 Å². The minimum absolute atomic E-state index is 0.0306. The Bertz CT molecular complexity index is 1320. The number of likely N-dealkylation sites (tertiary alicyclic amines) is 2. The molecule has 2 aliphatic heterocycles. The van der Waals surface area contributed by atoms with E-state index in [-0.39, 0.29) is 17.1 Å². The molecule has 0 spiro atoms. The molecule has 6 rings (SSSR count). The van der Waals surface area contributed by atoms with Gasteiger partial charge in [-0.3, -0.25) is 14.5 Å². The summed E-state index contributed by atoms with van der Waals surface area (Å²) in [6.07, 6.45) is 9.32. The molecule has 5 heterocycles. The molecule has 0 bridgehead atoms. The summed E-state index contributed by atoms with van der Waals surface area (Å²) < 4.78 is 30.3. The number of piperidine rings is 1. The molecular weight excluding hydrogens is 460 g/mol. The lowest BCUT2D eigenvalue weighted by atomic mass is 9.97. The molecule has 0 radical (unpaired) electrons. The van der Waals surface area contributed by atoms with Crippen LogP contribution in [-0.4, -0.2) is 66.8 Å². The Kier molecular flexibility index (Phi) is 5.55. The highest BCUT2D eigenvalue weighted by atomic mass is 35.5. The van der Waals surface area contributed by atoms with Crippen molar-refractivity contribution in [3.63, 3.8) is 0 Å². The van der Waals surface area contributed by atoms with Crippen molar-refractivity contribution in [3.05, 3.63) is 65.3 Å². The third-order valence-corrected chi connectivity index (χ3v) is 7.38. The van der Waals surface area contributed by atoms with Crippen LogP contribution in [0.15, 0.2) is 43.1 Å². The molecule has 2 fully saturated rings. The van der Waals surface area contributed by atoms with Crippen LogP contribution in [0.25, 0.3) is 22.3 Å². The highest BCUT2D eigenvalue weighted by Gasteiger charge is 2.35. The fourth-order valence-electron chi connectivity index (χ4n) is 5.10. The summed E-state index contributed by atoms with van der Waals surface area (Å²) >= 11 is 5.83. The van der Waals surface area contributed by atoms with E-state index < -0.39 is 11.6 Å². The van der Waals surface area contributed by atoms with Gasteiger partial charge in [-0.2, -0.15) is 5.10 Å². The SMILES string of the molecule is Fc1ccc(Cl)c(F)c1CN1CCC(N2CC(n3cc(-c4ncnc5[nH]ccc45)cn3)C2)CC1. The molecule has 3 aromatic heterocycles. The summed E-state index contributed by atoms with van der Waals surface area (Å²) in [6, 6.07) is 5.30. The van der Waals surface area contributed by atoms with Crippen molar-refractivity contribution in [1.29, 1.82) is 0 Å². The molecule has 1 N–H and O–H groups in total. The number of aromatic amines is 1. The minimum atomic E-state index is -0.646. The van der Waals surface area contributed by atoms with Gasteiger partial charge in [-0.15, -0.1) is 0 Å². The van der Waals surface area contributed by atoms with E-state index in [1.807, 2.05) is 23.1 Å². The Morgan fingerprint density at radius 1 is 1.06 bits per heavy atom. The van der Waals surface area contributed by atoms with Crippen molar-refractivity contribution in [3.8, 4) is 11.3 Å². The number of rotatable bonds is 5. The standard InChI is InChI=1S/C24H24ClF2N7/c25-20-1-2-21(26)19(22(20)27)13-32-7-4-16(5-8-32)33-11-17(12-33)34-10-15(9-31-34)23-18-3-6-28-24(18)30-14-29-23/h1-3,6,9-10,14,16-17H,4-5,7-8,11-13H2,(H,28,29,30). The van der Waals surface area contributed by atoms with Gasteiger partial charge in [0.15, 0.2) is 0 Å². The Balaban J connectivity index is 1.04. The molecule has 2 aliphatic rings. The smallest absolute Gasteiger partial charge is 0.149 e. The van der Waals surface area contributed by atoms with E-state index in [4.69, 9.17) is 11.6 Å². The third kappa shape index (κ3) is 3.87. The molecule has 4 aromatic rings. The van der Waals surface area contributed by atoms with Gasteiger partial charge in [0, 0.05) is 54.6 Å². The largest absolute Gasteiger partial charge is 0.346 e. The molecule has 0 unspecified atom stereocenters. The van der Waals surface area contributed by atoms with E-state index in [0.717, 1.165) is 61.3 Å². The molecule has 1 aromatic carbocycles. The van der Waals surface area contributed by atoms with E-state index in [9.17, 15) is 8.78 Å².